The minimum absolute atomic E-state index is 0. The molecule has 0 atom stereocenters. The van der Waals surface area contributed by atoms with Gasteiger partial charge in [-0.05, 0) is 19.5 Å². The van der Waals surface area contributed by atoms with Crippen LogP contribution in [0, 0.1) is 0 Å². The van der Waals surface area contributed by atoms with Crippen LogP contribution in [0.15, 0.2) is 6.07 Å². The first-order chi connectivity index (χ1) is 11.1. The van der Waals surface area contributed by atoms with Crippen molar-refractivity contribution in [3.63, 3.8) is 0 Å². The molecule has 0 saturated carbocycles. The van der Waals surface area contributed by atoms with Crippen molar-refractivity contribution in [3.8, 4) is 0 Å². The van der Waals surface area contributed by atoms with E-state index in [-0.39, 0.29) is 18.2 Å². The summed E-state index contributed by atoms with van der Waals surface area (Å²) in [6.45, 7) is 9.94. The molecule has 2 heterocycles. The smallest absolute Gasteiger partial charge is 0.354 e. The summed E-state index contributed by atoms with van der Waals surface area (Å²) in [4.78, 5) is 12.3. The van der Waals surface area contributed by atoms with Crippen molar-refractivity contribution < 1.29 is 13.2 Å². The summed E-state index contributed by atoms with van der Waals surface area (Å²) in [6.07, 6.45) is -3.54. The lowest BCUT2D eigenvalue weighted by Gasteiger charge is -2.36. The van der Waals surface area contributed by atoms with Gasteiger partial charge in [0, 0.05) is 37.7 Å². The fourth-order valence-electron chi connectivity index (χ4n) is 2.59. The van der Waals surface area contributed by atoms with E-state index in [2.05, 4.69) is 14.9 Å². The molecule has 0 aromatic carbocycles. The van der Waals surface area contributed by atoms with E-state index in [4.69, 9.17) is 5.73 Å². The molecular formula is C16H27ClF3N5. The minimum atomic E-state index is -4.47. The number of alkyl halides is 3. The third kappa shape index (κ3) is 5.97. The van der Waals surface area contributed by atoms with Gasteiger partial charge in [0.1, 0.15) is 17.3 Å². The second-order valence-electron chi connectivity index (χ2n) is 7.15. The van der Waals surface area contributed by atoms with E-state index >= 15 is 0 Å². The van der Waals surface area contributed by atoms with E-state index in [0.29, 0.717) is 25.5 Å². The molecule has 25 heavy (non-hydrogen) atoms. The zero-order valence-electron chi connectivity index (χ0n) is 14.9. The summed E-state index contributed by atoms with van der Waals surface area (Å²) in [6, 6.07) is 1.06. The van der Waals surface area contributed by atoms with Crippen LogP contribution >= 0.6 is 12.4 Å². The van der Waals surface area contributed by atoms with E-state index in [1.165, 1.54) is 0 Å². The van der Waals surface area contributed by atoms with Gasteiger partial charge in [-0.3, -0.25) is 4.90 Å². The van der Waals surface area contributed by atoms with E-state index in [1.807, 2.05) is 25.7 Å². The van der Waals surface area contributed by atoms with Gasteiger partial charge in [-0.1, -0.05) is 20.8 Å². The van der Waals surface area contributed by atoms with Gasteiger partial charge in [-0.2, -0.15) is 13.2 Å². The van der Waals surface area contributed by atoms with Crippen LogP contribution in [0.5, 0.6) is 0 Å². The van der Waals surface area contributed by atoms with Gasteiger partial charge < -0.3 is 10.6 Å². The van der Waals surface area contributed by atoms with Crippen molar-refractivity contribution in [1.82, 2.24) is 14.9 Å². The number of aromatic nitrogens is 2. The molecule has 1 aliphatic heterocycles. The molecule has 0 spiro atoms. The number of piperazine rings is 1. The number of nitrogens with zero attached hydrogens (tertiary/aromatic N) is 4. The van der Waals surface area contributed by atoms with Crippen LogP contribution in [0.1, 0.15) is 38.7 Å². The molecule has 144 valence electrons. The molecule has 0 unspecified atom stereocenters. The molecule has 0 radical (unpaired) electrons. The van der Waals surface area contributed by atoms with Crippen LogP contribution in [0.3, 0.4) is 0 Å². The highest BCUT2D eigenvalue weighted by Crippen LogP contribution is 2.32. The van der Waals surface area contributed by atoms with Crippen LogP contribution < -0.4 is 10.6 Å². The Hall–Kier alpha value is -1.12. The molecule has 2 N–H and O–H groups in total. The number of nitrogens with two attached hydrogens (primary N) is 1. The van der Waals surface area contributed by atoms with Crippen molar-refractivity contribution >= 4 is 18.2 Å². The third-order valence-electron chi connectivity index (χ3n) is 4.05. The van der Waals surface area contributed by atoms with Crippen LogP contribution in [0.25, 0.3) is 0 Å². The second-order valence-corrected chi connectivity index (χ2v) is 7.15. The highest BCUT2D eigenvalue weighted by molar-refractivity contribution is 5.85. The highest BCUT2D eigenvalue weighted by atomic mass is 35.5. The van der Waals surface area contributed by atoms with Gasteiger partial charge in [-0.25, -0.2) is 9.97 Å². The highest BCUT2D eigenvalue weighted by Gasteiger charge is 2.35. The Labute approximate surface area is 153 Å². The van der Waals surface area contributed by atoms with Gasteiger partial charge in [0.15, 0.2) is 0 Å². The minimum Gasteiger partial charge on any atom is -0.354 e. The van der Waals surface area contributed by atoms with Crippen molar-refractivity contribution in [1.29, 1.82) is 0 Å². The first-order valence-electron chi connectivity index (χ1n) is 8.25. The molecule has 0 amide bonds. The molecular weight excluding hydrogens is 355 g/mol. The molecule has 5 nitrogen and oxygen atoms in total. The normalized spacial score (nSPS) is 16.7. The molecule has 1 aromatic rings. The topological polar surface area (TPSA) is 58.3 Å². The lowest BCUT2D eigenvalue weighted by Crippen LogP contribution is -2.47. The van der Waals surface area contributed by atoms with Crippen molar-refractivity contribution in [3.05, 3.63) is 17.6 Å². The van der Waals surface area contributed by atoms with Crippen LogP contribution in [-0.2, 0) is 11.6 Å². The monoisotopic (exact) mass is 381 g/mol. The Kier molecular flexibility index (Phi) is 7.46. The summed E-state index contributed by atoms with van der Waals surface area (Å²) in [5.41, 5.74) is 4.10. The number of anilines is 1. The molecule has 9 heteroatoms. The van der Waals surface area contributed by atoms with Crippen LogP contribution in [-0.4, -0.2) is 54.1 Å². The molecule has 1 aromatic heterocycles. The molecule has 1 fully saturated rings. The predicted molar refractivity (Wildman–Crippen MR) is 95.3 cm³/mol. The second kappa shape index (κ2) is 8.51. The van der Waals surface area contributed by atoms with Crippen LogP contribution in [0.2, 0.25) is 0 Å². The maximum atomic E-state index is 13.2. The first-order valence-corrected chi connectivity index (χ1v) is 8.25. The number of hydrogen-bond donors (Lipinski definition) is 1. The third-order valence-corrected chi connectivity index (χ3v) is 4.05. The van der Waals surface area contributed by atoms with Gasteiger partial charge in [0.05, 0.1) is 0 Å². The Bertz CT molecular complexity index is 519. The standard InChI is InChI=1S/C16H26F3N5.ClH/c1-15(2,3)14-21-12(16(17,18)19)11-13(22-14)24-9-7-23(8-10-24)6-4-5-20;/h11H,4-10,20H2,1-3H3;1H. The van der Waals surface area contributed by atoms with Crippen LogP contribution in [0.4, 0.5) is 19.0 Å². The maximum Gasteiger partial charge on any atom is 0.433 e. The maximum absolute atomic E-state index is 13.2. The Morgan fingerprint density at radius 2 is 1.68 bits per heavy atom. The number of halogens is 4. The largest absolute Gasteiger partial charge is 0.433 e. The average molecular weight is 382 g/mol. The van der Waals surface area contributed by atoms with E-state index < -0.39 is 17.3 Å². The zero-order valence-corrected chi connectivity index (χ0v) is 15.8. The first kappa shape index (κ1) is 21.9. The number of hydrogen-bond acceptors (Lipinski definition) is 5. The van der Waals surface area contributed by atoms with Gasteiger partial charge in [0.25, 0.3) is 0 Å². The molecule has 1 aliphatic rings. The quantitative estimate of drug-likeness (QED) is 0.869. The summed E-state index contributed by atoms with van der Waals surface area (Å²) >= 11 is 0. The lowest BCUT2D eigenvalue weighted by atomic mass is 9.95. The molecule has 1 saturated heterocycles. The van der Waals surface area contributed by atoms with E-state index in [1.54, 1.807) is 0 Å². The molecule has 2 rings (SSSR count). The number of rotatable bonds is 4. The lowest BCUT2D eigenvalue weighted by molar-refractivity contribution is -0.141. The van der Waals surface area contributed by atoms with Crippen molar-refractivity contribution in [2.24, 2.45) is 5.73 Å². The fraction of sp³-hybridized carbons (Fsp3) is 0.750. The van der Waals surface area contributed by atoms with Gasteiger partial charge in [0.2, 0.25) is 0 Å². The zero-order chi connectivity index (χ0) is 18.0. The summed E-state index contributed by atoms with van der Waals surface area (Å²) < 4.78 is 39.5. The summed E-state index contributed by atoms with van der Waals surface area (Å²) in [7, 11) is 0. The predicted octanol–water partition coefficient (Wildman–Crippen LogP) is 2.69. The summed E-state index contributed by atoms with van der Waals surface area (Å²) in [5.74, 6) is 0.582. The Morgan fingerprint density at radius 1 is 1.08 bits per heavy atom. The molecule has 0 aliphatic carbocycles. The average Bonchev–Trinajstić information content (AvgIpc) is 2.51. The Balaban J connectivity index is 0.00000312. The van der Waals surface area contributed by atoms with Gasteiger partial charge >= 0.3 is 6.18 Å². The van der Waals surface area contributed by atoms with Crippen molar-refractivity contribution in [2.75, 3.05) is 44.2 Å². The van der Waals surface area contributed by atoms with Gasteiger partial charge in [-0.15, -0.1) is 12.4 Å². The van der Waals surface area contributed by atoms with E-state index in [0.717, 1.165) is 32.1 Å². The molecule has 0 bridgehead atoms. The van der Waals surface area contributed by atoms with Crippen molar-refractivity contribution in [2.45, 2.75) is 38.8 Å². The SMILES string of the molecule is CC(C)(C)c1nc(N2CCN(CCCN)CC2)cc(C(F)(F)F)n1.Cl. The Morgan fingerprint density at radius 3 is 2.16 bits per heavy atom. The van der Waals surface area contributed by atoms with E-state index in [9.17, 15) is 13.2 Å². The fourth-order valence-corrected chi connectivity index (χ4v) is 2.59. The summed E-state index contributed by atoms with van der Waals surface area (Å²) in [5, 5.41) is 0.